The van der Waals surface area contributed by atoms with Crippen LogP contribution in [0.1, 0.15) is 16.0 Å². The number of halogens is 3. The number of nitro groups is 1. The molecule has 0 heterocycles. The fraction of sp³-hybridized carbons (Fsp3) is 0.143. The molecule has 2 aromatic carbocycles. The Balaban J connectivity index is 2.30. The summed E-state index contributed by atoms with van der Waals surface area (Å²) in [6, 6.07) is 12.0. The number of para-hydroxylation sites is 1. The molecule has 0 N–H and O–H groups in total. The lowest BCUT2D eigenvalue weighted by molar-refractivity contribution is -0.385. The van der Waals surface area contributed by atoms with E-state index in [-0.39, 0.29) is 15.4 Å². The zero-order chi connectivity index (χ0) is 14.7. The van der Waals surface area contributed by atoms with Gasteiger partial charge in [-0.05, 0) is 18.1 Å². The van der Waals surface area contributed by atoms with Crippen LogP contribution in [-0.4, -0.2) is 4.92 Å². The van der Waals surface area contributed by atoms with Gasteiger partial charge in [-0.1, -0.05) is 69.5 Å². The molecule has 0 saturated carbocycles. The van der Waals surface area contributed by atoms with E-state index in [0.717, 1.165) is 5.56 Å². The Labute approximate surface area is 134 Å². The molecule has 20 heavy (non-hydrogen) atoms. The smallest absolute Gasteiger partial charge is 0.258 e. The summed E-state index contributed by atoms with van der Waals surface area (Å²) in [6.07, 6.45) is 0.456. The van der Waals surface area contributed by atoms with E-state index in [2.05, 4.69) is 15.9 Å². The van der Waals surface area contributed by atoms with E-state index in [1.807, 2.05) is 6.07 Å². The number of benzene rings is 2. The summed E-state index contributed by atoms with van der Waals surface area (Å²) in [4.78, 5) is 10.5. The second-order valence-electron chi connectivity index (χ2n) is 4.20. The summed E-state index contributed by atoms with van der Waals surface area (Å²) in [6.45, 7) is 0. The minimum atomic E-state index is -0.380. The van der Waals surface area contributed by atoms with Gasteiger partial charge in [0.2, 0.25) is 0 Å². The highest BCUT2D eigenvalue weighted by Crippen LogP contribution is 2.37. The predicted molar refractivity (Wildman–Crippen MR) is 84.9 cm³/mol. The highest BCUT2D eigenvalue weighted by atomic mass is 79.9. The molecule has 6 heteroatoms. The van der Waals surface area contributed by atoms with E-state index in [4.69, 9.17) is 23.2 Å². The van der Waals surface area contributed by atoms with Crippen molar-refractivity contribution in [1.82, 2.24) is 0 Å². The maximum absolute atomic E-state index is 11.0. The summed E-state index contributed by atoms with van der Waals surface area (Å²) in [7, 11) is 0. The number of nitrogens with zero attached hydrogens (tertiary/aromatic N) is 1. The topological polar surface area (TPSA) is 43.1 Å². The van der Waals surface area contributed by atoms with Crippen molar-refractivity contribution >= 4 is 44.8 Å². The van der Waals surface area contributed by atoms with Crippen LogP contribution >= 0.6 is 39.1 Å². The van der Waals surface area contributed by atoms with Gasteiger partial charge in [-0.25, -0.2) is 0 Å². The van der Waals surface area contributed by atoms with Gasteiger partial charge in [-0.2, -0.15) is 0 Å². The molecule has 3 nitrogen and oxygen atoms in total. The van der Waals surface area contributed by atoms with Crippen LogP contribution in [0.15, 0.2) is 42.5 Å². The zero-order valence-electron chi connectivity index (χ0n) is 10.2. The van der Waals surface area contributed by atoms with Crippen LogP contribution in [0.25, 0.3) is 0 Å². The standard InChI is InChI=1S/C14H10BrCl2NO2/c15-11(10-5-3-6-12(16)14(10)17)8-9-4-1-2-7-13(9)18(19)20/h1-7,11H,8H2. The average molecular weight is 375 g/mol. The SMILES string of the molecule is O=[N+]([O-])c1ccccc1CC(Br)c1cccc(Cl)c1Cl. The lowest BCUT2D eigenvalue weighted by atomic mass is 10.0. The van der Waals surface area contributed by atoms with Crippen molar-refractivity contribution in [3.05, 3.63) is 73.8 Å². The molecule has 0 spiro atoms. The number of nitro benzene ring substituents is 1. The van der Waals surface area contributed by atoms with Gasteiger partial charge in [0, 0.05) is 16.5 Å². The second-order valence-corrected chi connectivity index (χ2v) is 6.09. The third kappa shape index (κ3) is 3.32. The van der Waals surface area contributed by atoms with Crippen LogP contribution in [0.3, 0.4) is 0 Å². The Morgan fingerprint density at radius 3 is 2.55 bits per heavy atom. The summed E-state index contributed by atoms with van der Waals surface area (Å²) in [5, 5.41) is 11.9. The minimum Gasteiger partial charge on any atom is -0.258 e. The molecule has 0 radical (unpaired) electrons. The predicted octanol–water partition coefficient (Wildman–Crippen LogP) is 5.58. The van der Waals surface area contributed by atoms with Crippen molar-refractivity contribution in [3.63, 3.8) is 0 Å². The molecular formula is C14H10BrCl2NO2. The minimum absolute atomic E-state index is 0.107. The number of hydrogen-bond acceptors (Lipinski definition) is 2. The molecule has 0 aliphatic rings. The highest BCUT2D eigenvalue weighted by molar-refractivity contribution is 9.09. The maximum Gasteiger partial charge on any atom is 0.272 e. The molecule has 1 atom stereocenters. The number of alkyl halides is 1. The highest BCUT2D eigenvalue weighted by Gasteiger charge is 2.19. The molecule has 2 aromatic rings. The molecule has 1 unspecified atom stereocenters. The van der Waals surface area contributed by atoms with Gasteiger partial charge in [0.15, 0.2) is 0 Å². The molecule has 0 amide bonds. The van der Waals surface area contributed by atoms with E-state index in [9.17, 15) is 10.1 Å². The van der Waals surface area contributed by atoms with Crippen molar-refractivity contribution < 1.29 is 4.92 Å². The van der Waals surface area contributed by atoms with Crippen LogP contribution in [0.4, 0.5) is 5.69 Å². The molecule has 0 fully saturated rings. The first-order valence-corrected chi connectivity index (χ1v) is 7.48. The monoisotopic (exact) mass is 373 g/mol. The molecule has 0 saturated heterocycles. The van der Waals surface area contributed by atoms with Crippen LogP contribution in [0.2, 0.25) is 10.0 Å². The van der Waals surface area contributed by atoms with Crippen molar-refractivity contribution in [2.45, 2.75) is 11.2 Å². The molecule has 2 rings (SSSR count). The second kappa shape index (κ2) is 6.57. The van der Waals surface area contributed by atoms with Gasteiger partial charge >= 0.3 is 0 Å². The Morgan fingerprint density at radius 2 is 1.85 bits per heavy atom. The van der Waals surface area contributed by atoms with Crippen LogP contribution in [-0.2, 0) is 6.42 Å². The summed E-state index contributed by atoms with van der Waals surface area (Å²) >= 11 is 15.7. The van der Waals surface area contributed by atoms with Crippen molar-refractivity contribution in [2.24, 2.45) is 0 Å². The van der Waals surface area contributed by atoms with Gasteiger partial charge in [0.05, 0.1) is 15.0 Å². The fourth-order valence-electron chi connectivity index (χ4n) is 1.93. The normalized spacial score (nSPS) is 12.2. The van der Waals surface area contributed by atoms with Gasteiger partial charge < -0.3 is 0 Å². The number of rotatable bonds is 4. The van der Waals surface area contributed by atoms with Gasteiger partial charge in [-0.3, -0.25) is 10.1 Å². The fourth-order valence-corrected chi connectivity index (χ4v) is 3.23. The van der Waals surface area contributed by atoms with Crippen molar-refractivity contribution in [3.8, 4) is 0 Å². The first-order chi connectivity index (χ1) is 9.50. The summed E-state index contributed by atoms with van der Waals surface area (Å²) in [5.74, 6) is 0. The van der Waals surface area contributed by atoms with Gasteiger partial charge in [-0.15, -0.1) is 0 Å². The molecule has 0 aliphatic heterocycles. The third-order valence-corrected chi connectivity index (χ3v) is 4.56. The van der Waals surface area contributed by atoms with E-state index in [1.54, 1.807) is 30.3 Å². The molecule has 0 aliphatic carbocycles. The summed E-state index contributed by atoms with van der Waals surface area (Å²) in [5.41, 5.74) is 1.57. The lowest BCUT2D eigenvalue weighted by Crippen LogP contribution is -2.00. The Morgan fingerprint density at radius 1 is 1.15 bits per heavy atom. The quantitative estimate of drug-likeness (QED) is 0.398. The maximum atomic E-state index is 11.0. The van der Waals surface area contributed by atoms with E-state index < -0.39 is 0 Å². The molecular weight excluding hydrogens is 365 g/mol. The summed E-state index contributed by atoms with van der Waals surface area (Å²) < 4.78 is 0. The van der Waals surface area contributed by atoms with E-state index >= 15 is 0 Å². The first kappa shape index (κ1) is 15.3. The lowest BCUT2D eigenvalue weighted by Gasteiger charge is -2.13. The Hall–Kier alpha value is -1.10. The van der Waals surface area contributed by atoms with Crippen LogP contribution in [0, 0.1) is 10.1 Å². The van der Waals surface area contributed by atoms with Gasteiger partial charge in [0.1, 0.15) is 0 Å². The van der Waals surface area contributed by atoms with Crippen LogP contribution in [0.5, 0.6) is 0 Å². The number of hydrogen-bond donors (Lipinski definition) is 0. The zero-order valence-corrected chi connectivity index (χ0v) is 13.3. The largest absolute Gasteiger partial charge is 0.272 e. The molecule has 0 aromatic heterocycles. The van der Waals surface area contributed by atoms with Crippen molar-refractivity contribution in [2.75, 3.05) is 0 Å². The molecule has 0 bridgehead atoms. The van der Waals surface area contributed by atoms with Crippen LogP contribution < -0.4 is 0 Å². The molecule has 104 valence electrons. The van der Waals surface area contributed by atoms with Crippen molar-refractivity contribution in [1.29, 1.82) is 0 Å². The Kier molecular flexibility index (Phi) is 5.02. The van der Waals surface area contributed by atoms with E-state index in [1.165, 1.54) is 6.07 Å². The van der Waals surface area contributed by atoms with E-state index in [0.29, 0.717) is 22.0 Å². The van der Waals surface area contributed by atoms with Gasteiger partial charge in [0.25, 0.3) is 5.69 Å². The Bertz CT molecular complexity index is 649. The first-order valence-electron chi connectivity index (χ1n) is 5.81. The average Bonchev–Trinajstić information content (AvgIpc) is 2.42. The third-order valence-electron chi connectivity index (χ3n) is 2.91.